The van der Waals surface area contributed by atoms with E-state index in [0.29, 0.717) is 0 Å². The summed E-state index contributed by atoms with van der Waals surface area (Å²) in [5.41, 5.74) is 4.18. The molecule has 0 amide bonds. The van der Waals surface area contributed by atoms with Crippen molar-refractivity contribution in [1.29, 1.82) is 0 Å². The molecule has 116 valence electrons. The summed E-state index contributed by atoms with van der Waals surface area (Å²) in [6.45, 7) is 8.40. The van der Waals surface area contributed by atoms with Gasteiger partial charge in [-0.15, -0.1) is 18.3 Å². The number of rotatable bonds is 7. The van der Waals surface area contributed by atoms with Crippen molar-refractivity contribution in [3.63, 3.8) is 0 Å². The number of benzene rings is 2. The predicted molar refractivity (Wildman–Crippen MR) is 95.6 cm³/mol. The normalized spacial score (nSPS) is 12.0. The lowest BCUT2D eigenvalue weighted by molar-refractivity contribution is 0.527. The van der Waals surface area contributed by atoms with Crippen molar-refractivity contribution in [2.24, 2.45) is 0 Å². The molecule has 0 fully saturated rings. The molecule has 0 bridgehead atoms. The second kappa shape index (κ2) is 6.92. The second-order valence-corrected chi connectivity index (χ2v) is 5.32. The summed E-state index contributed by atoms with van der Waals surface area (Å²) >= 11 is 0. The molecule has 1 heterocycles. The predicted octanol–water partition coefficient (Wildman–Crippen LogP) is 4.19. The Morgan fingerprint density at radius 2 is 1.83 bits per heavy atom. The van der Waals surface area contributed by atoms with Gasteiger partial charge in [-0.3, -0.25) is 0 Å². The van der Waals surface area contributed by atoms with Gasteiger partial charge in [-0.05, 0) is 24.6 Å². The van der Waals surface area contributed by atoms with Crippen LogP contribution < -0.4 is 5.32 Å². The summed E-state index contributed by atoms with van der Waals surface area (Å²) in [4.78, 5) is 0. The molecule has 0 spiro atoms. The number of para-hydroxylation sites is 2. The molecule has 1 atom stereocenters. The summed E-state index contributed by atoms with van der Waals surface area (Å²) in [5.74, 6) is 0. The van der Waals surface area contributed by atoms with E-state index in [1.807, 2.05) is 53.2 Å². The van der Waals surface area contributed by atoms with Gasteiger partial charge in [0, 0.05) is 17.8 Å². The molecule has 3 rings (SSSR count). The van der Waals surface area contributed by atoms with E-state index in [9.17, 15) is 0 Å². The topological polar surface area (TPSA) is 42.7 Å². The average molecular weight is 304 g/mol. The minimum Gasteiger partial charge on any atom is -0.381 e. The molecule has 0 aliphatic carbocycles. The van der Waals surface area contributed by atoms with Crippen LogP contribution >= 0.6 is 0 Å². The fraction of sp³-hybridized carbons (Fsp3) is 0.158. The van der Waals surface area contributed by atoms with Crippen LogP contribution in [-0.2, 0) is 0 Å². The van der Waals surface area contributed by atoms with Crippen LogP contribution in [0.15, 0.2) is 73.8 Å². The van der Waals surface area contributed by atoms with Gasteiger partial charge in [-0.25, -0.2) is 4.68 Å². The van der Waals surface area contributed by atoms with Gasteiger partial charge in [0.25, 0.3) is 0 Å². The Morgan fingerprint density at radius 1 is 1.04 bits per heavy atom. The summed E-state index contributed by atoms with van der Waals surface area (Å²) in [6, 6.07) is 16.3. The van der Waals surface area contributed by atoms with Crippen molar-refractivity contribution in [2.75, 3.05) is 11.9 Å². The molecule has 1 unspecified atom stereocenters. The number of aromatic nitrogens is 3. The lowest BCUT2D eigenvalue weighted by Gasteiger charge is -2.20. The number of allylic oxidation sites excluding steroid dienone is 1. The lowest BCUT2D eigenvalue weighted by atomic mass is 10.0. The minimum atomic E-state index is 0.0495. The fourth-order valence-corrected chi connectivity index (χ4v) is 2.76. The number of hydrogen-bond donors (Lipinski definition) is 1. The molecule has 1 aromatic heterocycles. The van der Waals surface area contributed by atoms with E-state index in [4.69, 9.17) is 0 Å². The minimum absolute atomic E-state index is 0.0495. The number of hydrogen-bond acceptors (Lipinski definition) is 3. The molecule has 0 aliphatic heterocycles. The first kappa shape index (κ1) is 15.0. The zero-order valence-electron chi connectivity index (χ0n) is 13.0. The van der Waals surface area contributed by atoms with Crippen LogP contribution in [0.25, 0.3) is 11.0 Å². The van der Waals surface area contributed by atoms with Gasteiger partial charge < -0.3 is 5.32 Å². The molecule has 0 radical (unpaired) electrons. The Labute approximate surface area is 136 Å². The smallest absolute Gasteiger partial charge is 0.113 e. The SMILES string of the molecule is C=CCNc1ccccc1C(CC=C)n1nnc2ccccc21. The van der Waals surface area contributed by atoms with E-state index in [1.165, 1.54) is 5.56 Å². The van der Waals surface area contributed by atoms with Gasteiger partial charge in [0.15, 0.2) is 0 Å². The molecule has 4 heteroatoms. The maximum atomic E-state index is 4.38. The number of anilines is 1. The Morgan fingerprint density at radius 3 is 2.65 bits per heavy atom. The first-order chi connectivity index (χ1) is 11.3. The van der Waals surface area contributed by atoms with Gasteiger partial charge in [0.1, 0.15) is 5.52 Å². The number of nitrogens with zero attached hydrogens (tertiary/aromatic N) is 3. The van der Waals surface area contributed by atoms with Gasteiger partial charge in [0.2, 0.25) is 0 Å². The van der Waals surface area contributed by atoms with Crippen LogP contribution in [0.3, 0.4) is 0 Å². The quantitative estimate of drug-likeness (QED) is 0.665. The summed E-state index contributed by atoms with van der Waals surface area (Å²) in [7, 11) is 0. The van der Waals surface area contributed by atoms with Crippen LogP contribution in [0.2, 0.25) is 0 Å². The molecule has 0 saturated carbocycles. The summed E-state index contributed by atoms with van der Waals surface area (Å²) < 4.78 is 1.98. The largest absolute Gasteiger partial charge is 0.381 e. The average Bonchev–Trinajstić information content (AvgIpc) is 3.02. The van der Waals surface area contributed by atoms with E-state index in [-0.39, 0.29) is 6.04 Å². The third-order valence-electron chi connectivity index (χ3n) is 3.82. The van der Waals surface area contributed by atoms with E-state index in [0.717, 1.165) is 29.7 Å². The molecule has 2 aromatic carbocycles. The van der Waals surface area contributed by atoms with Crippen LogP contribution in [-0.4, -0.2) is 21.5 Å². The van der Waals surface area contributed by atoms with Crippen LogP contribution in [0.1, 0.15) is 18.0 Å². The van der Waals surface area contributed by atoms with Crippen LogP contribution in [0.5, 0.6) is 0 Å². The molecule has 3 aromatic rings. The Bertz CT molecular complexity index is 819. The Balaban J connectivity index is 2.09. The zero-order valence-corrected chi connectivity index (χ0v) is 13.0. The van der Waals surface area contributed by atoms with Crippen molar-refractivity contribution in [3.05, 3.63) is 79.4 Å². The van der Waals surface area contributed by atoms with Gasteiger partial charge >= 0.3 is 0 Å². The van der Waals surface area contributed by atoms with Crippen molar-refractivity contribution >= 4 is 16.7 Å². The van der Waals surface area contributed by atoms with Gasteiger partial charge in [-0.1, -0.05) is 47.7 Å². The molecule has 4 nitrogen and oxygen atoms in total. The number of nitrogens with one attached hydrogen (secondary N) is 1. The highest BCUT2D eigenvalue weighted by molar-refractivity contribution is 5.74. The summed E-state index contributed by atoms with van der Waals surface area (Å²) in [5, 5.41) is 12.1. The van der Waals surface area contributed by atoms with E-state index in [2.05, 4.69) is 40.9 Å². The second-order valence-electron chi connectivity index (χ2n) is 5.32. The first-order valence-corrected chi connectivity index (χ1v) is 7.69. The zero-order chi connectivity index (χ0) is 16.1. The third kappa shape index (κ3) is 3.01. The fourth-order valence-electron chi connectivity index (χ4n) is 2.76. The van der Waals surface area contributed by atoms with Crippen molar-refractivity contribution in [1.82, 2.24) is 15.0 Å². The van der Waals surface area contributed by atoms with E-state index < -0.39 is 0 Å². The highest BCUT2D eigenvalue weighted by Gasteiger charge is 2.19. The van der Waals surface area contributed by atoms with E-state index >= 15 is 0 Å². The van der Waals surface area contributed by atoms with Gasteiger partial charge in [0.05, 0.1) is 11.6 Å². The Hall–Kier alpha value is -2.88. The van der Waals surface area contributed by atoms with Crippen molar-refractivity contribution in [3.8, 4) is 0 Å². The van der Waals surface area contributed by atoms with Gasteiger partial charge in [-0.2, -0.15) is 0 Å². The highest BCUT2D eigenvalue weighted by Crippen LogP contribution is 2.30. The maximum Gasteiger partial charge on any atom is 0.113 e. The molecule has 23 heavy (non-hydrogen) atoms. The monoisotopic (exact) mass is 304 g/mol. The Kier molecular flexibility index (Phi) is 4.52. The molecule has 1 N–H and O–H groups in total. The maximum absolute atomic E-state index is 4.38. The van der Waals surface area contributed by atoms with Crippen molar-refractivity contribution < 1.29 is 0 Å². The lowest BCUT2D eigenvalue weighted by Crippen LogP contribution is -2.14. The number of fused-ring (bicyclic) bond motifs is 1. The molecule has 0 aliphatic rings. The first-order valence-electron chi connectivity index (χ1n) is 7.69. The van der Waals surface area contributed by atoms with E-state index in [1.54, 1.807) is 0 Å². The highest BCUT2D eigenvalue weighted by atomic mass is 15.4. The van der Waals surface area contributed by atoms with Crippen LogP contribution in [0, 0.1) is 0 Å². The standard InChI is InChI=1S/C19H20N4/c1-3-9-18(15-10-5-6-11-16(15)20-14-4-2)23-19-13-8-7-12-17(19)21-22-23/h3-8,10-13,18,20H,1-2,9,14H2. The molecule has 0 saturated heterocycles. The summed E-state index contributed by atoms with van der Waals surface area (Å²) in [6.07, 6.45) is 4.55. The molecular formula is C19H20N4. The molecular weight excluding hydrogens is 284 g/mol. The van der Waals surface area contributed by atoms with Crippen LogP contribution in [0.4, 0.5) is 5.69 Å². The third-order valence-corrected chi connectivity index (χ3v) is 3.82. The van der Waals surface area contributed by atoms with Crippen molar-refractivity contribution in [2.45, 2.75) is 12.5 Å².